The SMILES string of the molecule is C[C@H]1CCCC[C@@]12NC(=O)N(C[NH+]1CCCCCCC1)C2=O. The van der Waals surface area contributed by atoms with E-state index in [1.54, 1.807) is 0 Å². The lowest BCUT2D eigenvalue weighted by Crippen LogP contribution is -3.13. The van der Waals surface area contributed by atoms with Gasteiger partial charge in [-0.2, -0.15) is 0 Å². The first kappa shape index (κ1) is 15.8. The van der Waals surface area contributed by atoms with Gasteiger partial charge < -0.3 is 10.2 Å². The maximum atomic E-state index is 13.0. The van der Waals surface area contributed by atoms with Gasteiger partial charge >= 0.3 is 6.03 Å². The molecule has 3 rings (SSSR count). The van der Waals surface area contributed by atoms with Crippen molar-refractivity contribution >= 4 is 11.9 Å². The van der Waals surface area contributed by atoms with Crippen LogP contribution >= 0.6 is 0 Å². The van der Waals surface area contributed by atoms with E-state index in [4.69, 9.17) is 0 Å². The molecule has 0 unspecified atom stereocenters. The Labute approximate surface area is 133 Å². The van der Waals surface area contributed by atoms with Gasteiger partial charge in [0, 0.05) is 0 Å². The Morgan fingerprint density at radius 1 is 1.09 bits per heavy atom. The monoisotopic (exact) mass is 308 g/mol. The van der Waals surface area contributed by atoms with E-state index in [9.17, 15) is 9.59 Å². The van der Waals surface area contributed by atoms with E-state index in [2.05, 4.69) is 12.2 Å². The third-order valence-electron chi connectivity index (χ3n) is 5.94. The molecule has 5 nitrogen and oxygen atoms in total. The lowest BCUT2D eigenvalue weighted by Gasteiger charge is -2.37. The number of imide groups is 1. The number of nitrogens with zero attached hydrogens (tertiary/aromatic N) is 1. The van der Waals surface area contributed by atoms with Crippen molar-refractivity contribution in [1.29, 1.82) is 0 Å². The van der Waals surface area contributed by atoms with Crippen LogP contribution < -0.4 is 10.2 Å². The molecule has 5 heteroatoms. The predicted molar refractivity (Wildman–Crippen MR) is 84.4 cm³/mol. The van der Waals surface area contributed by atoms with E-state index in [0.29, 0.717) is 6.67 Å². The second-order valence-electron chi connectivity index (χ2n) is 7.46. The summed E-state index contributed by atoms with van der Waals surface area (Å²) in [6.07, 6.45) is 10.4. The molecule has 3 aliphatic rings. The minimum absolute atomic E-state index is 0.0410. The summed E-state index contributed by atoms with van der Waals surface area (Å²) in [4.78, 5) is 28.3. The number of nitrogens with one attached hydrogen (secondary N) is 2. The Balaban J connectivity index is 1.68. The summed E-state index contributed by atoms with van der Waals surface area (Å²) in [5, 5.41) is 3.06. The number of rotatable bonds is 2. The van der Waals surface area contributed by atoms with Crippen LogP contribution in [0.15, 0.2) is 0 Å². The minimum Gasteiger partial charge on any atom is -0.323 e. The molecular formula is C17H30N3O2+. The van der Waals surface area contributed by atoms with Crippen molar-refractivity contribution in [2.24, 2.45) is 5.92 Å². The van der Waals surface area contributed by atoms with Crippen LogP contribution in [-0.2, 0) is 4.79 Å². The highest BCUT2D eigenvalue weighted by atomic mass is 16.2. The van der Waals surface area contributed by atoms with Crippen LogP contribution in [0, 0.1) is 5.92 Å². The highest BCUT2D eigenvalue weighted by Gasteiger charge is 2.55. The van der Waals surface area contributed by atoms with Gasteiger partial charge in [0.05, 0.1) is 13.1 Å². The molecule has 124 valence electrons. The fraction of sp³-hybridized carbons (Fsp3) is 0.882. The van der Waals surface area contributed by atoms with Gasteiger partial charge in [-0.1, -0.05) is 26.2 Å². The van der Waals surface area contributed by atoms with Crippen LogP contribution in [0.25, 0.3) is 0 Å². The fourth-order valence-corrected chi connectivity index (χ4v) is 4.43. The summed E-state index contributed by atoms with van der Waals surface area (Å²) in [7, 11) is 0. The highest BCUT2D eigenvalue weighted by molar-refractivity contribution is 6.07. The zero-order chi connectivity index (χ0) is 15.6. The average molecular weight is 308 g/mol. The third kappa shape index (κ3) is 2.87. The van der Waals surface area contributed by atoms with Crippen molar-refractivity contribution in [1.82, 2.24) is 10.2 Å². The van der Waals surface area contributed by atoms with E-state index in [-0.39, 0.29) is 17.9 Å². The maximum absolute atomic E-state index is 13.0. The minimum atomic E-state index is -0.600. The molecule has 2 aliphatic heterocycles. The van der Waals surface area contributed by atoms with Gasteiger partial charge in [0.1, 0.15) is 5.54 Å². The van der Waals surface area contributed by atoms with E-state index < -0.39 is 5.54 Å². The van der Waals surface area contributed by atoms with Crippen LogP contribution in [0.5, 0.6) is 0 Å². The molecule has 2 N–H and O–H groups in total. The number of urea groups is 1. The first-order chi connectivity index (χ1) is 10.6. The fourth-order valence-electron chi connectivity index (χ4n) is 4.43. The first-order valence-electron chi connectivity index (χ1n) is 9.11. The van der Waals surface area contributed by atoms with Crippen molar-refractivity contribution in [3.8, 4) is 0 Å². The number of quaternary nitrogens is 1. The number of carbonyl (C=O) groups excluding carboxylic acids is 2. The molecule has 22 heavy (non-hydrogen) atoms. The van der Waals surface area contributed by atoms with Gasteiger partial charge in [0.25, 0.3) is 5.91 Å². The number of hydrogen-bond donors (Lipinski definition) is 2. The van der Waals surface area contributed by atoms with Crippen molar-refractivity contribution in [2.45, 2.75) is 70.3 Å². The summed E-state index contributed by atoms with van der Waals surface area (Å²) < 4.78 is 0. The molecule has 2 atom stereocenters. The summed E-state index contributed by atoms with van der Waals surface area (Å²) in [5.41, 5.74) is -0.600. The van der Waals surface area contributed by atoms with Crippen LogP contribution in [0.2, 0.25) is 0 Å². The molecule has 1 spiro atoms. The van der Waals surface area contributed by atoms with Gasteiger partial charge in [0.2, 0.25) is 0 Å². The lowest BCUT2D eigenvalue weighted by molar-refractivity contribution is -0.908. The Morgan fingerprint density at radius 2 is 1.77 bits per heavy atom. The van der Waals surface area contributed by atoms with Crippen molar-refractivity contribution in [2.75, 3.05) is 19.8 Å². The van der Waals surface area contributed by atoms with Crippen molar-refractivity contribution in [3.05, 3.63) is 0 Å². The standard InChI is InChI=1S/C17H29N3O2/c1-14-9-5-6-10-17(14)15(21)20(16(22)18-17)13-19-11-7-3-2-4-8-12-19/h14H,2-13H2,1H3,(H,18,22)/p+1/t14-,17+/m0/s1. The smallest absolute Gasteiger partial charge is 0.323 e. The molecule has 2 saturated heterocycles. The van der Waals surface area contributed by atoms with Crippen molar-refractivity contribution < 1.29 is 14.5 Å². The molecular weight excluding hydrogens is 278 g/mol. The highest BCUT2D eigenvalue weighted by Crippen LogP contribution is 2.37. The maximum Gasteiger partial charge on any atom is 0.329 e. The molecule has 2 heterocycles. The normalized spacial score (nSPS) is 34.6. The van der Waals surface area contributed by atoms with E-state index in [0.717, 1.165) is 32.4 Å². The molecule has 0 bridgehead atoms. The van der Waals surface area contributed by atoms with Gasteiger partial charge in [-0.15, -0.1) is 0 Å². The number of likely N-dealkylation sites (tertiary alicyclic amines) is 1. The molecule has 0 aromatic carbocycles. The molecule has 3 fully saturated rings. The summed E-state index contributed by atoms with van der Waals surface area (Å²) >= 11 is 0. The molecule has 0 aromatic heterocycles. The van der Waals surface area contributed by atoms with Crippen LogP contribution in [0.3, 0.4) is 0 Å². The van der Waals surface area contributed by atoms with E-state index in [1.165, 1.54) is 48.3 Å². The Morgan fingerprint density at radius 3 is 2.45 bits per heavy atom. The number of hydrogen-bond acceptors (Lipinski definition) is 2. The van der Waals surface area contributed by atoms with Crippen LogP contribution in [-0.4, -0.2) is 42.1 Å². The van der Waals surface area contributed by atoms with E-state index >= 15 is 0 Å². The summed E-state index contributed by atoms with van der Waals surface area (Å²) in [6, 6.07) is -0.159. The molecule has 1 saturated carbocycles. The Hall–Kier alpha value is -1.10. The second-order valence-corrected chi connectivity index (χ2v) is 7.46. The van der Waals surface area contributed by atoms with Gasteiger partial charge in [-0.3, -0.25) is 4.79 Å². The molecule has 1 aliphatic carbocycles. The zero-order valence-corrected chi connectivity index (χ0v) is 13.8. The molecule has 0 radical (unpaired) electrons. The number of carbonyl (C=O) groups is 2. The summed E-state index contributed by atoms with van der Waals surface area (Å²) in [6.45, 7) is 4.84. The third-order valence-corrected chi connectivity index (χ3v) is 5.94. The average Bonchev–Trinajstić information content (AvgIpc) is 2.70. The van der Waals surface area contributed by atoms with Gasteiger partial charge in [-0.05, 0) is 44.4 Å². The Bertz CT molecular complexity index is 432. The van der Waals surface area contributed by atoms with Gasteiger partial charge in [-0.25, -0.2) is 9.69 Å². The first-order valence-corrected chi connectivity index (χ1v) is 9.11. The second kappa shape index (κ2) is 6.57. The Kier molecular flexibility index (Phi) is 4.71. The predicted octanol–water partition coefficient (Wildman–Crippen LogP) is 1.29. The van der Waals surface area contributed by atoms with E-state index in [1.807, 2.05) is 0 Å². The van der Waals surface area contributed by atoms with Crippen molar-refractivity contribution in [3.63, 3.8) is 0 Å². The number of amides is 3. The topological polar surface area (TPSA) is 53.9 Å². The van der Waals surface area contributed by atoms with Gasteiger partial charge in [0.15, 0.2) is 6.67 Å². The molecule has 3 amide bonds. The van der Waals surface area contributed by atoms with Crippen LogP contribution in [0.1, 0.15) is 64.7 Å². The zero-order valence-electron chi connectivity index (χ0n) is 13.8. The largest absolute Gasteiger partial charge is 0.329 e. The summed E-state index contributed by atoms with van der Waals surface area (Å²) in [5.74, 6) is 0.296. The van der Waals surface area contributed by atoms with Crippen LogP contribution in [0.4, 0.5) is 4.79 Å². The molecule has 0 aromatic rings. The quantitative estimate of drug-likeness (QED) is 0.756. The lowest BCUT2D eigenvalue weighted by atomic mass is 9.73.